The molecule has 0 radical (unpaired) electrons. The lowest BCUT2D eigenvalue weighted by Crippen LogP contribution is -2.41. The summed E-state index contributed by atoms with van der Waals surface area (Å²) in [7, 11) is 0. The summed E-state index contributed by atoms with van der Waals surface area (Å²) in [4.78, 5) is 29.4. The number of nitrogens with zero attached hydrogens (tertiary/aromatic N) is 1. The summed E-state index contributed by atoms with van der Waals surface area (Å²) < 4.78 is 18.8. The van der Waals surface area contributed by atoms with Crippen molar-refractivity contribution < 1.29 is 14.3 Å². The van der Waals surface area contributed by atoms with Gasteiger partial charge in [-0.15, -0.1) is 0 Å². The number of amides is 1. The maximum absolute atomic E-state index is 13.4. The van der Waals surface area contributed by atoms with Crippen molar-refractivity contribution in [1.29, 1.82) is 0 Å². The first-order chi connectivity index (χ1) is 17.3. The number of aromatic nitrogens is 1. The number of carbonyl (C=O) groups is 1. The third-order valence-corrected chi connectivity index (χ3v) is 7.62. The van der Waals surface area contributed by atoms with Crippen LogP contribution in [0.4, 0.5) is 0 Å². The molecule has 0 bridgehead atoms. The standard InChI is InChI=1S/C26H27ClN4O4S/c1-13-8-16(9-14(2)15(13)3)23-24(35-7-5-17-4-6-34-17)19-10-18(20(27)11-21(19)29-26(23)33)25(32)30-22-12-28-36-31-22/h8-12,17,22,31H,4-7H2,1-3H3,(H,29,33)(H,30,32)/t17-,22?/m0/s1. The van der Waals surface area contributed by atoms with E-state index in [1.807, 2.05) is 26.0 Å². The molecule has 3 heterocycles. The summed E-state index contributed by atoms with van der Waals surface area (Å²) >= 11 is 7.63. The Morgan fingerprint density at radius 3 is 2.64 bits per heavy atom. The maximum atomic E-state index is 13.4. The second-order valence-electron chi connectivity index (χ2n) is 9.10. The van der Waals surface area contributed by atoms with Gasteiger partial charge in [0.05, 0.1) is 52.7 Å². The average molecular weight is 527 g/mol. The number of aromatic amines is 1. The van der Waals surface area contributed by atoms with E-state index in [-0.39, 0.29) is 28.2 Å². The van der Waals surface area contributed by atoms with Gasteiger partial charge in [-0.2, -0.15) is 0 Å². The monoisotopic (exact) mass is 526 g/mol. The fourth-order valence-corrected chi connectivity index (χ4v) is 5.08. The van der Waals surface area contributed by atoms with E-state index in [1.54, 1.807) is 18.3 Å². The Morgan fingerprint density at radius 2 is 2.00 bits per heavy atom. The van der Waals surface area contributed by atoms with Crippen LogP contribution in [0, 0.1) is 20.8 Å². The highest BCUT2D eigenvalue weighted by atomic mass is 35.5. The van der Waals surface area contributed by atoms with Crippen LogP contribution in [0.15, 0.2) is 33.5 Å². The summed E-state index contributed by atoms with van der Waals surface area (Å²) in [6, 6.07) is 7.25. The molecule has 0 aliphatic carbocycles. The van der Waals surface area contributed by atoms with E-state index in [2.05, 4.69) is 26.3 Å². The Hall–Kier alpha value is -2.85. The number of nitrogens with one attached hydrogen (secondary N) is 3. The largest absolute Gasteiger partial charge is 0.492 e. The quantitative estimate of drug-likeness (QED) is 0.388. The molecule has 36 heavy (non-hydrogen) atoms. The Bertz CT molecular complexity index is 1410. The number of hydrogen-bond donors (Lipinski definition) is 3. The smallest absolute Gasteiger partial charge is 0.260 e. The summed E-state index contributed by atoms with van der Waals surface area (Å²) in [5.74, 6) is 0.0643. The van der Waals surface area contributed by atoms with Gasteiger partial charge in [-0.05, 0) is 61.6 Å². The number of aryl methyl sites for hydroxylation is 2. The topological polar surface area (TPSA) is 105 Å². The van der Waals surface area contributed by atoms with E-state index < -0.39 is 6.17 Å². The third-order valence-electron chi connectivity index (χ3n) is 6.72. The molecule has 1 amide bonds. The van der Waals surface area contributed by atoms with Crippen LogP contribution in [0.3, 0.4) is 0 Å². The van der Waals surface area contributed by atoms with Crippen molar-refractivity contribution in [2.75, 3.05) is 13.2 Å². The first-order valence-corrected chi connectivity index (χ1v) is 12.9. The number of halogens is 1. The van der Waals surface area contributed by atoms with Crippen LogP contribution in [0.25, 0.3) is 22.0 Å². The van der Waals surface area contributed by atoms with Crippen molar-refractivity contribution in [3.05, 3.63) is 61.9 Å². The van der Waals surface area contributed by atoms with Crippen LogP contribution in [0.5, 0.6) is 5.75 Å². The number of benzene rings is 2. The lowest BCUT2D eigenvalue weighted by atomic mass is 9.95. The lowest BCUT2D eigenvalue weighted by Gasteiger charge is -2.26. The molecule has 1 aromatic heterocycles. The molecule has 2 atom stereocenters. The average Bonchev–Trinajstić information content (AvgIpc) is 3.31. The van der Waals surface area contributed by atoms with E-state index in [0.717, 1.165) is 41.9 Å². The molecule has 0 spiro atoms. The maximum Gasteiger partial charge on any atom is 0.260 e. The molecule has 5 rings (SSSR count). The predicted molar refractivity (Wildman–Crippen MR) is 144 cm³/mol. The van der Waals surface area contributed by atoms with Crippen LogP contribution in [-0.4, -0.2) is 42.6 Å². The molecule has 188 valence electrons. The minimum absolute atomic E-state index is 0.166. The van der Waals surface area contributed by atoms with Gasteiger partial charge in [-0.3, -0.25) is 9.59 Å². The second kappa shape index (κ2) is 10.3. The SMILES string of the molecule is Cc1cc(-c2c(OCC[C@@H]3CCO3)c3cc(C(=O)NC4C=NSN4)c(Cl)cc3[nH]c2=O)cc(C)c1C. The predicted octanol–water partition coefficient (Wildman–Crippen LogP) is 4.62. The molecular formula is C26H27ClN4O4S. The molecule has 3 aromatic rings. The fraction of sp³-hybridized carbons (Fsp3) is 0.346. The fourth-order valence-electron chi connectivity index (χ4n) is 4.35. The number of rotatable bonds is 7. The van der Waals surface area contributed by atoms with E-state index in [1.165, 1.54) is 5.56 Å². The molecular weight excluding hydrogens is 500 g/mol. The van der Waals surface area contributed by atoms with Gasteiger partial charge in [0.1, 0.15) is 11.9 Å². The zero-order valence-electron chi connectivity index (χ0n) is 20.2. The van der Waals surface area contributed by atoms with Gasteiger partial charge < -0.3 is 19.8 Å². The number of fused-ring (bicyclic) bond motifs is 1. The number of H-pyrrole nitrogens is 1. The lowest BCUT2D eigenvalue weighted by molar-refractivity contribution is -0.0595. The van der Waals surface area contributed by atoms with Gasteiger partial charge in [-0.25, -0.2) is 9.12 Å². The summed E-state index contributed by atoms with van der Waals surface area (Å²) in [5.41, 5.74) is 5.02. The minimum Gasteiger partial charge on any atom is -0.492 e. The van der Waals surface area contributed by atoms with Crippen molar-refractivity contribution in [3.8, 4) is 16.9 Å². The molecule has 2 aromatic carbocycles. The minimum atomic E-state index is -0.405. The van der Waals surface area contributed by atoms with Crippen LogP contribution in [0.2, 0.25) is 5.02 Å². The Labute approximate surface area is 218 Å². The van der Waals surface area contributed by atoms with Crippen molar-refractivity contribution in [2.24, 2.45) is 4.40 Å². The number of carbonyl (C=O) groups excluding carboxylic acids is 1. The van der Waals surface area contributed by atoms with E-state index in [0.29, 0.717) is 35.2 Å². The summed E-state index contributed by atoms with van der Waals surface area (Å²) in [6.45, 7) is 7.25. The van der Waals surface area contributed by atoms with Crippen LogP contribution >= 0.6 is 23.7 Å². The van der Waals surface area contributed by atoms with Gasteiger partial charge in [0.25, 0.3) is 11.5 Å². The number of ether oxygens (including phenoxy) is 2. The summed E-state index contributed by atoms with van der Waals surface area (Å²) in [5, 5.41) is 3.67. The Morgan fingerprint density at radius 1 is 1.25 bits per heavy atom. The van der Waals surface area contributed by atoms with Gasteiger partial charge >= 0.3 is 0 Å². The molecule has 1 unspecified atom stereocenters. The van der Waals surface area contributed by atoms with Crippen LogP contribution < -0.4 is 20.3 Å². The molecule has 1 fully saturated rings. The molecule has 10 heteroatoms. The number of hydrogen-bond acceptors (Lipinski definition) is 7. The normalized spacial score (nSPS) is 18.9. The Balaban J connectivity index is 1.63. The van der Waals surface area contributed by atoms with Gasteiger partial charge in [0.2, 0.25) is 0 Å². The van der Waals surface area contributed by atoms with Gasteiger partial charge in [0, 0.05) is 18.4 Å². The van der Waals surface area contributed by atoms with E-state index >= 15 is 0 Å². The van der Waals surface area contributed by atoms with Gasteiger partial charge in [0.15, 0.2) is 0 Å². The Kier molecular flexibility index (Phi) is 7.07. The van der Waals surface area contributed by atoms with Crippen molar-refractivity contribution in [2.45, 2.75) is 45.9 Å². The molecule has 0 saturated carbocycles. The van der Waals surface area contributed by atoms with Crippen LogP contribution in [-0.2, 0) is 4.74 Å². The zero-order valence-corrected chi connectivity index (χ0v) is 21.8. The highest BCUT2D eigenvalue weighted by Crippen LogP contribution is 2.37. The first kappa shape index (κ1) is 24.8. The van der Waals surface area contributed by atoms with E-state index in [9.17, 15) is 9.59 Å². The van der Waals surface area contributed by atoms with Crippen molar-refractivity contribution in [1.82, 2.24) is 15.0 Å². The molecule has 2 aliphatic heterocycles. The highest BCUT2D eigenvalue weighted by Gasteiger charge is 2.23. The van der Waals surface area contributed by atoms with Crippen molar-refractivity contribution in [3.63, 3.8) is 0 Å². The molecule has 8 nitrogen and oxygen atoms in total. The van der Waals surface area contributed by atoms with Crippen molar-refractivity contribution >= 4 is 46.8 Å². The second-order valence-corrected chi connectivity index (χ2v) is 10.1. The van der Waals surface area contributed by atoms with E-state index in [4.69, 9.17) is 21.1 Å². The zero-order chi connectivity index (χ0) is 25.4. The third kappa shape index (κ3) is 4.88. The first-order valence-electron chi connectivity index (χ1n) is 11.8. The molecule has 2 aliphatic rings. The molecule has 1 saturated heterocycles. The van der Waals surface area contributed by atoms with Crippen LogP contribution in [0.1, 0.15) is 39.9 Å². The molecule has 3 N–H and O–H groups in total. The highest BCUT2D eigenvalue weighted by molar-refractivity contribution is 7.96. The summed E-state index contributed by atoms with van der Waals surface area (Å²) in [6.07, 6.45) is 3.08. The van der Waals surface area contributed by atoms with Gasteiger partial charge in [-0.1, -0.05) is 23.7 Å². The number of pyridine rings is 1.